The molecule has 2 aromatic rings. The molecule has 0 fully saturated rings. The van der Waals surface area contributed by atoms with Gasteiger partial charge in [0, 0.05) is 18.0 Å². The number of rotatable bonds is 5. The van der Waals surface area contributed by atoms with E-state index in [1.165, 1.54) is 0 Å². The molecular formula is C15H20N2O3. The van der Waals surface area contributed by atoms with Crippen LogP contribution in [-0.4, -0.2) is 32.9 Å². The molecule has 5 nitrogen and oxygen atoms in total. The topological polar surface area (TPSA) is 52.6 Å². The molecule has 0 saturated heterocycles. The first-order valence-electron chi connectivity index (χ1n) is 6.50. The second-order valence-electron chi connectivity index (χ2n) is 4.40. The van der Waals surface area contributed by atoms with Crippen LogP contribution in [0.4, 0.5) is 5.82 Å². The van der Waals surface area contributed by atoms with Gasteiger partial charge in [-0.1, -0.05) is 0 Å². The fourth-order valence-corrected chi connectivity index (χ4v) is 2.24. The van der Waals surface area contributed by atoms with Gasteiger partial charge in [-0.2, -0.15) is 0 Å². The van der Waals surface area contributed by atoms with Gasteiger partial charge in [0.15, 0.2) is 11.5 Å². The highest BCUT2D eigenvalue weighted by molar-refractivity contribution is 5.92. The van der Waals surface area contributed by atoms with E-state index in [2.05, 4.69) is 10.3 Å². The number of ether oxygens (including phenoxy) is 3. The van der Waals surface area contributed by atoms with Crippen molar-refractivity contribution in [2.75, 3.05) is 33.2 Å². The highest BCUT2D eigenvalue weighted by Crippen LogP contribution is 2.43. The van der Waals surface area contributed by atoms with Crippen molar-refractivity contribution in [1.29, 1.82) is 0 Å². The SMILES string of the molecule is CCNc1nc2cc(OC)c(OC)c(OC)c2cc1C. The molecule has 0 unspecified atom stereocenters. The number of pyridine rings is 1. The minimum absolute atomic E-state index is 0.583. The Morgan fingerprint density at radius 2 is 1.75 bits per heavy atom. The molecule has 1 aromatic carbocycles. The Hall–Kier alpha value is -2.17. The van der Waals surface area contributed by atoms with Gasteiger partial charge in [0.2, 0.25) is 5.75 Å². The first-order valence-corrected chi connectivity index (χ1v) is 6.50. The van der Waals surface area contributed by atoms with Gasteiger partial charge in [-0.05, 0) is 25.5 Å². The molecule has 0 amide bonds. The average molecular weight is 276 g/mol. The summed E-state index contributed by atoms with van der Waals surface area (Å²) < 4.78 is 16.2. The maximum absolute atomic E-state index is 5.48. The standard InChI is InChI=1S/C15H20N2O3/c1-6-16-15-9(2)7-10-11(17-15)8-12(18-3)14(20-5)13(10)19-4/h7-8H,6H2,1-5H3,(H,16,17). The second kappa shape index (κ2) is 5.86. The summed E-state index contributed by atoms with van der Waals surface area (Å²) in [6.07, 6.45) is 0. The van der Waals surface area contributed by atoms with Gasteiger partial charge in [-0.3, -0.25) is 0 Å². The minimum atomic E-state index is 0.583. The number of nitrogens with one attached hydrogen (secondary N) is 1. The quantitative estimate of drug-likeness (QED) is 0.909. The van der Waals surface area contributed by atoms with E-state index in [4.69, 9.17) is 14.2 Å². The van der Waals surface area contributed by atoms with Crippen molar-refractivity contribution in [3.8, 4) is 17.2 Å². The number of nitrogens with zero attached hydrogens (tertiary/aromatic N) is 1. The zero-order valence-corrected chi connectivity index (χ0v) is 12.5. The molecule has 0 aliphatic rings. The van der Waals surface area contributed by atoms with Crippen molar-refractivity contribution in [3.63, 3.8) is 0 Å². The first kappa shape index (κ1) is 14.2. The molecule has 5 heteroatoms. The maximum atomic E-state index is 5.48. The van der Waals surface area contributed by atoms with Gasteiger partial charge in [0.1, 0.15) is 5.82 Å². The van der Waals surface area contributed by atoms with Gasteiger partial charge in [-0.15, -0.1) is 0 Å². The normalized spacial score (nSPS) is 10.4. The molecule has 0 aliphatic heterocycles. The predicted octanol–water partition coefficient (Wildman–Crippen LogP) is 3.00. The largest absolute Gasteiger partial charge is 0.493 e. The van der Waals surface area contributed by atoms with E-state index in [1.54, 1.807) is 21.3 Å². The molecule has 1 heterocycles. The minimum Gasteiger partial charge on any atom is -0.493 e. The van der Waals surface area contributed by atoms with Crippen LogP contribution in [0.5, 0.6) is 17.2 Å². The summed E-state index contributed by atoms with van der Waals surface area (Å²) in [5.74, 6) is 2.70. The summed E-state index contributed by atoms with van der Waals surface area (Å²) in [7, 11) is 4.81. The number of hydrogen-bond acceptors (Lipinski definition) is 5. The number of aromatic nitrogens is 1. The Morgan fingerprint density at radius 1 is 1.05 bits per heavy atom. The molecule has 1 N–H and O–H groups in total. The van der Waals surface area contributed by atoms with Crippen molar-refractivity contribution in [1.82, 2.24) is 4.98 Å². The van der Waals surface area contributed by atoms with Crippen molar-refractivity contribution in [3.05, 3.63) is 17.7 Å². The van der Waals surface area contributed by atoms with E-state index in [0.717, 1.165) is 28.8 Å². The molecule has 20 heavy (non-hydrogen) atoms. The van der Waals surface area contributed by atoms with E-state index in [9.17, 15) is 0 Å². The molecule has 0 spiro atoms. The summed E-state index contributed by atoms with van der Waals surface area (Å²) in [5, 5.41) is 4.15. The van der Waals surface area contributed by atoms with Gasteiger partial charge >= 0.3 is 0 Å². The summed E-state index contributed by atoms with van der Waals surface area (Å²) >= 11 is 0. The third-order valence-corrected chi connectivity index (χ3v) is 3.16. The summed E-state index contributed by atoms with van der Waals surface area (Å²) in [6, 6.07) is 3.90. The zero-order chi connectivity index (χ0) is 14.7. The van der Waals surface area contributed by atoms with Gasteiger partial charge < -0.3 is 19.5 Å². The lowest BCUT2D eigenvalue weighted by atomic mass is 10.1. The molecule has 2 rings (SSSR count). The smallest absolute Gasteiger partial charge is 0.204 e. The highest BCUT2D eigenvalue weighted by atomic mass is 16.5. The third kappa shape index (κ3) is 2.31. The van der Waals surface area contributed by atoms with Crippen molar-refractivity contribution in [2.24, 2.45) is 0 Å². The van der Waals surface area contributed by atoms with Crippen LogP contribution < -0.4 is 19.5 Å². The van der Waals surface area contributed by atoms with Crippen LogP contribution in [0.1, 0.15) is 12.5 Å². The monoisotopic (exact) mass is 276 g/mol. The molecule has 0 saturated carbocycles. The van der Waals surface area contributed by atoms with Gasteiger partial charge in [0.05, 0.1) is 26.8 Å². The molecule has 0 radical (unpaired) electrons. The predicted molar refractivity (Wildman–Crippen MR) is 80.3 cm³/mol. The lowest BCUT2D eigenvalue weighted by Gasteiger charge is -2.16. The Bertz CT molecular complexity index is 626. The van der Waals surface area contributed by atoms with Crippen LogP contribution in [-0.2, 0) is 0 Å². The van der Waals surface area contributed by atoms with E-state index in [1.807, 2.05) is 26.0 Å². The number of benzene rings is 1. The van der Waals surface area contributed by atoms with Gasteiger partial charge in [-0.25, -0.2) is 4.98 Å². The molecule has 1 aromatic heterocycles. The summed E-state index contributed by atoms with van der Waals surface area (Å²) in [4.78, 5) is 4.63. The number of methoxy groups -OCH3 is 3. The fourth-order valence-electron chi connectivity index (χ4n) is 2.24. The molecular weight excluding hydrogens is 256 g/mol. The fraction of sp³-hybridized carbons (Fsp3) is 0.400. The third-order valence-electron chi connectivity index (χ3n) is 3.16. The van der Waals surface area contributed by atoms with E-state index >= 15 is 0 Å². The number of aryl methyl sites for hydroxylation is 1. The van der Waals surface area contributed by atoms with Gasteiger partial charge in [0.25, 0.3) is 0 Å². The Balaban J connectivity index is 2.77. The Labute approximate surface area is 118 Å². The van der Waals surface area contributed by atoms with E-state index < -0.39 is 0 Å². The lowest BCUT2D eigenvalue weighted by Crippen LogP contribution is -2.03. The van der Waals surface area contributed by atoms with Crippen LogP contribution in [0.15, 0.2) is 12.1 Å². The Morgan fingerprint density at radius 3 is 2.30 bits per heavy atom. The first-order chi connectivity index (χ1) is 9.65. The summed E-state index contributed by atoms with van der Waals surface area (Å²) in [5.41, 5.74) is 1.87. The van der Waals surface area contributed by atoms with Crippen molar-refractivity contribution in [2.45, 2.75) is 13.8 Å². The molecule has 108 valence electrons. The van der Waals surface area contributed by atoms with Crippen LogP contribution in [0.25, 0.3) is 10.9 Å². The average Bonchev–Trinajstić information content (AvgIpc) is 2.46. The number of fused-ring (bicyclic) bond motifs is 1. The van der Waals surface area contributed by atoms with Crippen LogP contribution >= 0.6 is 0 Å². The zero-order valence-electron chi connectivity index (χ0n) is 12.5. The maximum Gasteiger partial charge on any atom is 0.204 e. The van der Waals surface area contributed by atoms with Crippen LogP contribution in [0.2, 0.25) is 0 Å². The second-order valence-corrected chi connectivity index (χ2v) is 4.40. The number of hydrogen-bond donors (Lipinski definition) is 1. The Kier molecular flexibility index (Phi) is 4.17. The van der Waals surface area contributed by atoms with Crippen molar-refractivity contribution >= 4 is 16.7 Å². The van der Waals surface area contributed by atoms with Crippen LogP contribution in [0, 0.1) is 6.92 Å². The molecule has 0 atom stereocenters. The highest BCUT2D eigenvalue weighted by Gasteiger charge is 2.17. The van der Waals surface area contributed by atoms with Crippen molar-refractivity contribution < 1.29 is 14.2 Å². The van der Waals surface area contributed by atoms with E-state index in [-0.39, 0.29) is 0 Å². The van der Waals surface area contributed by atoms with Crippen LogP contribution in [0.3, 0.4) is 0 Å². The number of anilines is 1. The van der Waals surface area contributed by atoms with E-state index in [0.29, 0.717) is 17.2 Å². The molecule has 0 aliphatic carbocycles. The molecule has 0 bridgehead atoms. The summed E-state index contributed by atoms with van der Waals surface area (Å²) in [6.45, 7) is 4.88. The lowest BCUT2D eigenvalue weighted by molar-refractivity contribution is 0.327.